The number of hydrazone groups is 1. The summed E-state index contributed by atoms with van der Waals surface area (Å²) in [6.45, 7) is 4.33. The number of para-hydroxylation sites is 1. The normalized spacial score (nSPS) is 21.9. The summed E-state index contributed by atoms with van der Waals surface area (Å²) >= 11 is 0. The van der Waals surface area contributed by atoms with Crippen molar-refractivity contribution >= 4 is 17.6 Å². The highest BCUT2D eigenvalue weighted by atomic mass is 15.6. The van der Waals surface area contributed by atoms with Crippen LogP contribution < -0.4 is 4.90 Å². The van der Waals surface area contributed by atoms with Crippen molar-refractivity contribution in [3.8, 4) is 0 Å². The lowest BCUT2D eigenvalue weighted by molar-refractivity contribution is 0.304. The van der Waals surface area contributed by atoms with Crippen molar-refractivity contribution in [2.24, 2.45) is 5.10 Å². The molecule has 0 spiro atoms. The lowest BCUT2D eigenvalue weighted by atomic mass is 10.0. The van der Waals surface area contributed by atoms with E-state index in [4.69, 9.17) is 0 Å². The molecule has 0 fully saturated rings. The van der Waals surface area contributed by atoms with Gasteiger partial charge in [0.05, 0.1) is 5.69 Å². The van der Waals surface area contributed by atoms with Gasteiger partial charge in [0.25, 0.3) is 0 Å². The molecule has 0 aliphatic carbocycles. The molecule has 2 heterocycles. The lowest BCUT2D eigenvalue weighted by Gasteiger charge is -2.31. The summed E-state index contributed by atoms with van der Waals surface area (Å²) in [6.07, 6.45) is 4.52. The summed E-state index contributed by atoms with van der Waals surface area (Å²) in [5.74, 6) is 1.04. The molecule has 0 N–H and O–H groups in total. The fourth-order valence-electron chi connectivity index (χ4n) is 2.38. The Kier molecular flexibility index (Phi) is 1.84. The Balaban J connectivity index is 2.21. The first-order valence-electron chi connectivity index (χ1n) is 5.57. The number of fused-ring (bicyclic) bond motifs is 3. The van der Waals surface area contributed by atoms with Crippen LogP contribution in [-0.4, -0.2) is 24.1 Å². The van der Waals surface area contributed by atoms with Gasteiger partial charge in [-0.2, -0.15) is 5.10 Å². The van der Waals surface area contributed by atoms with E-state index in [1.165, 1.54) is 16.8 Å². The Morgan fingerprint density at radius 2 is 2.06 bits per heavy atom. The Morgan fingerprint density at radius 3 is 2.88 bits per heavy atom. The average molecular weight is 213 g/mol. The minimum absolute atomic E-state index is 0.291. The monoisotopic (exact) mass is 213 g/mol. The first-order valence-corrected chi connectivity index (χ1v) is 5.57. The fraction of sp³-hybridized carbons (Fsp3) is 0.308. The van der Waals surface area contributed by atoms with Crippen molar-refractivity contribution in [2.75, 3.05) is 11.9 Å². The SMILES string of the molecule is Cc1cccc2c1N1C(=NN(C)[C@@H]1C)C=C2. The topological polar surface area (TPSA) is 18.8 Å². The molecule has 1 aromatic rings. The highest BCUT2D eigenvalue weighted by molar-refractivity contribution is 6.13. The van der Waals surface area contributed by atoms with Gasteiger partial charge in [0, 0.05) is 7.05 Å². The first-order chi connectivity index (χ1) is 7.68. The van der Waals surface area contributed by atoms with Crippen LogP contribution in [0.15, 0.2) is 29.4 Å². The van der Waals surface area contributed by atoms with Gasteiger partial charge in [-0.3, -0.25) is 5.01 Å². The van der Waals surface area contributed by atoms with E-state index < -0.39 is 0 Å². The number of aryl methyl sites for hydroxylation is 1. The minimum Gasteiger partial charge on any atom is -0.302 e. The number of benzene rings is 1. The third kappa shape index (κ3) is 1.11. The first kappa shape index (κ1) is 9.46. The number of rotatable bonds is 0. The van der Waals surface area contributed by atoms with Gasteiger partial charge in [0.1, 0.15) is 6.17 Å². The predicted octanol–water partition coefficient (Wildman–Crippen LogP) is 2.43. The Hall–Kier alpha value is -1.77. The predicted molar refractivity (Wildman–Crippen MR) is 67.4 cm³/mol. The van der Waals surface area contributed by atoms with Gasteiger partial charge < -0.3 is 4.90 Å². The van der Waals surface area contributed by atoms with Gasteiger partial charge in [-0.25, -0.2) is 0 Å². The second-order valence-corrected chi connectivity index (χ2v) is 4.38. The summed E-state index contributed by atoms with van der Waals surface area (Å²) in [5, 5.41) is 6.52. The number of amidine groups is 1. The van der Waals surface area contributed by atoms with Crippen molar-refractivity contribution in [1.29, 1.82) is 0 Å². The van der Waals surface area contributed by atoms with E-state index >= 15 is 0 Å². The molecular formula is C13H15N3. The Morgan fingerprint density at radius 1 is 1.25 bits per heavy atom. The second kappa shape index (κ2) is 3.11. The second-order valence-electron chi connectivity index (χ2n) is 4.38. The maximum atomic E-state index is 4.52. The quantitative estimate of drug-likeness (QED) is 0.659. The van der Waals surface area contributed by atoms with E-state index in [1.807, 2.05) is 12.1 Å². The van der Waals surface area contributed by atoms with E-state index in [2.05, 4.69) is 54.2 Å². The molecule has 1 aromatic carbocycles. The van der Waals surface area contributed by atoms with E-state index in [9.17, 15) is 0 Å². The van der Waals surface area contributed by atoms with Crippen LogP contribution >= 0.6 is 0 Å². The third-order valence-electron chi connectivity index (χ3n) is 3.34. The molecule has 2 aliphatic heterocycles. The van der Waals surface area contributed by atoms with Crippen LogP contribution in [0.3, 0.4) is 0 Å². The van der Waals surface area contributed by atoms with Gasteiger partial charge in [-0.1, -0.05) is 18.2 Å². The van der Waals surface area contributed by atoms with Crippen molar-refractivity contribution in [3.05, 3.63) is 35.4 Å². The van der Waals surface area contributed by atoms with Gasteiger partial charge in [0.2, 0.25) is 0 Å². The number of anilines is 1. The molecule has 2 aliphatic rings. The van der Waals surface area contributed by atoms with Gasteiger partial charge in [-0.15, -0.1) is 0 Å². The van der Waals surface area contributed by atoms with Gasteiger partial charge >= 0.3 is 0 Å². The molecule has 0 unspecified atom stereocenters. The molecule has 3 heteroatoms. The summed E-state index contributed by atoms with van der Waals surface area (Å²) in [5.41, 5.74) is 3.87. The number of nitrogens with zero attached hydrogens (tertiary/aromatic N) is 3. The molecule has 82 valence electrons. The zero-order valence-electron chi connectivity index (χ0n) is 9.81. The van der Waals surface area contributed by atoms with Crippen molar-refractivity contribution in [2.45, 2.75) is 20.0 Å². The van der Waals surface area contributed by atoms with Crippen LogP contribution in [0.2, 0.25) is 0 Å². The van der Waals surface area contributed by atoms with Gasteiger partial charge in [-0.05, 0) is 37.1 Å². The molecule has 0 saturated carbocycles. The van der Waals surface area contributed by atoms with Crippen LogP contribution in [0.4, 0.5) is 5.69 Å². The summed E-state index contributed by atoms with van der Waals surface area (Å²) in [7, 11) is 2.02. The Bertz CT molecular complexity index is 502. The number of hydrogen-bond acceptors (Lipinski definition) is 3. The molecule has 0 amide bonds. The van der Waals surface area contributed by atoms with E-state index in [-0.39, 0.29) is 0 Å². The summed E-state index contributed by atoms with van der Waals surface area (Å²) in [4.78, 5) is 2.30. The molecule has 16 heavy (non-hydrogen) atoms. The van der Waals surface area contributed by atoms with E-state index in [1.54, 1.807) is 0 Å². The highest BCUT2D eigenvalue weighted by Gasteiger charge is 2.32. The fourth-order valence-corrected chi connectivity index (χ4v) is 2.38. The van der Waals surface area contributed by atoms with E-state index in [0.717, 1.165) is 5.84 Å². The summed E-state index contributed by atoms with van der Waals surface area (Å²) in [6, 6.07) is 6.41. The number of hydrogen-bond donors (Lipinski definition) is 0. The van der Waals surface area contributed by atoms with Crippen LogP contribution in [0.5, 0.6) is 0 Å². The summed E-state index contributed by atoms with van der Waals surface area (Å²) < 4.78 is 0. The molecule has 1 atom stereocenters. The average Bonchev–Trinajstić information content (AvgIpc) is 2.56. The molecule has 3 rings (SSSR count). The van der Waals surface area contributed by atoms with Crippen LogP contribution in [0.1, 0.15) is 18.1 Å². The largest absolute Gasteiger partial charge is 0.302 e. The standard InChI is InChI=1S/C13H15N3/c1-9-5-4-6-11-7-8-12-14-15(3)10(2)16(12)13(9)11/h4-8,10H,1-3H3/t10-/m0/s1. The molecular weight excluding hydrogens is 198 g/mol. The third-order valence-corrected chi connectivity index (χ3v) is 3.34. The van der Waals surface area contributed by atoms with Crippen molar-refractivity contribution in [3.63, 3.8) is 0 Å². The maximum absolute atomic E-state index is 4.52. The van der Waals surface area contributed by atoms with Crippen molar-refractivity contribution < 1.29 is 0 Å². The molecule has 0 bridgehead atoms. The Labute approximate surface area is 95.7 Å². The van der Waals surface area contributed by atoms with Crippen LogP contribution in [-0.2, 0) is 0 Å². The highest BCUT2D eigenvalue weighted by Crippen LogP contribution is 2.34. The minimum atomic E-state index is 0.291. The molecule has 3 nitrogen and oxygen atoms in total. The van der Waals surface area contributed by atoms with Gasteiger partial charge in [0.15, 0.2) is 5.84 Å². The maximum Gasteiger partial charge on any atom is 0.154 e. The molecule has 0 saturated heterocycles. The molecule has 0 radical (unpaired) electrons. The van der Waals surface area contributed by atoms with E-state index in [0.29, 0.717) is 6.17 Å². The van der Waals surface area contributed by atoms with Crippen LogP contribution in [0, 0.1) is 6.92 Å². The van der Waals surface area contributed by atoms with Crippen LogP contribution in [0.25, 0.3) is 6.08 Å². The lowest BCUT2D eigenvalue weighted by Crippen LogP contribution is -2.39. The molecule has 0 aromatic heterocycles. The zero-order valence-corrected chi connectivity index (χ0v) is 9.81. The smallest absolute Gasteiger partial charge is 0.154 e. The zero-order chi connectivity index (χ0) is 11.3. The van der Waals surface area contributed by atoms with Crippen molar-refractivity contribution in [1.82, 2.24) is 5.01 Å².